The van der Waals surface area contributed by atoms with Gasteiger partial charge in [-0.25, -0.2) is 0 Å². The van der Waals surface area contributed by atoms with E-state index < -0.39 is 53.7 Å². The van der Waals surface area contributed by atoms with Gasteiger partial charge in [0, 0.05) is 42.4 Å². The summed E-state index contributed by atoms with van der Waals surface area (Å²) in [5, 5.41) is 22.7. The van der Waals surface area contributed by atoms with Crippen molar-refractivity contribution in [2.45, 2.75) is 92.1 Å². The minimum Gasteiger partial charge on any atom is -0.481 e. The number of nitrogens with one attached hydrogen (secondary N) is 5. The van der Waals surface area contributed by atoms with Crippen LogP contribution in [-0.2, 0) is 35.3 Å². The lowest BCUT2D eigenvalue weighted by Gasteiger charge is -2.27. The molecule has 0 radical (unpaired) electrons. The van der Waals surface area contributed by atoms with Gasteiger partial charge in [-0.1, -0.05) is 47.6 Å². The topological polar surface area (TPSA) is 218 Å². The zero-order valence-corrected chi connectivity index (χ0v) is 26.6. The number of aliphatic carboxylic acids is 1. The highest BCUT2D eigenvalue weighted by Crippen LogP contribution is 2.18. The average molecular weight is 621 g/mol. The maximum absolute atomic E-state index is 13.1. The van der Waals surface area contributed by atoms with Gasteiger partial charge in [0.15, 0.2) is 0 Å². The maximum atomic E-state index is 13.1. The van der Waals surface area contributed by atoms with E-state index >= 15 is 0 Å². The Morgan fingerprint density at radius 1 is 0.909 bits per heavy atom. The molecule has 14 heteroatoms. The van der Waals surface area contributed by atoms with Crippen molar-refractivity contribution >= 4 is 41.3 Å². The number of benzene rings is 1. The number of nitrogens with two attached hydrogens (primary N) is 1. The molecule has 44 heavy (non-hydrogen) atoms. The van der Waals surface area contributed by atoms with E-state index in [4.69, 9.17) is 15.6 Å². The summed E-state index contributed by atoms with van der Waals surface area (Å²) < 4.78 is 5.28. The van der Waals surface area contributed by atoms with Crippen LogP contribution in [0, 0.1) is 11.8 Å². The second kappa shape index (κ2) is 18.6. The fourth-order valence-corrected chi connectivity index (χ4v) is 3.96. The van der Waals surface area contributed by atoms with Gasteiger partial charge in [-0.15, -0.1) is 0 Å². The quantitative estimate of drug-likeness (QED) is 0.115. The summed E-state index contributed by atoms with van der Waals surface area (Å²) in [7, 11) is 0. The molecule has 0 bridgehead atoms. The monoisotopic (exact) mass is 620 g/mol. The van der Waals surface area contributed by atoms with Gasteiger partial charge in [-0.3, -0.25) is 28.8 Å². The Labute approximate surface area is 258 Å². The number of carbonyl (C=O) groups is 6. The first-order valence-electron chi connectivity index (χ1n) is 14.7. The highest BCUT2D eigenvalue weighted by molar-refractivity contribution is 6.01. The molecule has 0 spiro atoms. The number of anilines is 1. The molecule has 0 saturated carbocycles. The van der Waals surface area contributed by atoms with Crippen LogP contribution in [0.2, 0.25) is 0 Å². The number of ether oxygens (including phenoxy) is 1. The van der Waals surface area contributed by atoms with Gasteiger partial charge in [0.25, 0.3) is 5.91 Å². The third kappa shape index (κ3) is 13.1. The van der Waals surface area contributed by atoms with Crippen molar-refractivity contribution < 1.29 is 38.6 Å². The molecule has 14 nitrogen and oxygen atoms in total. The number of hydrogen-bond acceptors (Lipinski definition) is 9. The summed E-state index contributed by atoms with van der Waals surface area (Å²) in [6.45, 7) is 12.2. The van der Waals surface area contributed by atoms with E-state index in [0.29, 0.717) is 5.56 Å². The van der Waals surface area contributed by atoms with E-state index in [9.17, 15) is 28.8 Å². The van der Waals surface area contributed by atoms with Crippen LogP contribution in [-0.4, -0.2) is 77.9 Å². The molecule has 3 atom stereocenters. The Kier molecular flexibility index (Phi) is 16.0. The number of hydrogen-bond donors (Lipinski definition) is 7. The SMILES string of the molecule is CC(C)N[C@@H](CCC(=O)O)C(=O)N[C@H](C(=O)N[C@@H](C)C(=O)Nc1ccc(COC(=O)C(C)C)c(C(=O)NCCN)c1)C(C)C. The smallest absolute Gasteiger partial charge is 0.308 e. The lowest BCUT2D eigenvalue weighted by atomic mass is 10.0. The molecule has 1 aromatic carbocycles. The molecular weight excluding hydrogens is 572 g/mol. The van der Waals surface area contributed by atoms with Gasteiger partial charge in [0.1, 0.15) is 18.7 Å². The summed E-state index contributed by atoms with van der Waals surface area (Å²) >= 11 is 0. The standard InChI is InChI=1S/C30H48N6O8/c1-16(2)25(36-28(41)23(33-18(5)6)10-11-24(37)38)29(42)34-19(7)26(39)35-21-9-8-20(15-44-30(43)17(3)4)22(14-21)27(40)32-13-12-31/h8-9,14,16-19,23,25,33H,10-13,15,31H2,1-7H3,(H,32,40)(H,34,42)(H,35,39)(H,36,41)(H,37,38)/t19-,23-,25-/m0/s1. The number of esters is 1. The largest absolute Gasteiger partial charge is 0.481 e. The average Bonchev–Trinajstić information content (AvgIpc) is 2.94. The summed E-state index contributed by atoms with van der Waals surface area (Å²) in [4.78, 5) is 74.9. The summed E-state index contributed by atoms with van der Waals surface area (Å²) in [5.74, 6) is -4.33. The van der Waals surface area contributed by atoms with Gasteiger partial charge < -0.3 is 42.2 Å². The van der Waals surface area contributed by atoms with Crippen molar-refractivity contribution in [1.82, 2.24) is 21.3 Å². The van der Waals surface area contributed by atoms with Crippen LogP contribution < -0.4 is 32.3 Å². The van der Waals surface area contributed by atoms with Crippen molar-refractivity contribution in [3.63, 3.8) is 0 Å². The second-order valence-electron chi connectivity index (χ2n) is 11.4. The summed E-state index contributed by atoms with van der Waals surface area (Å²) in [6.07, 6.45) is -0.191. The van der Waals surface area contributed by atoms with Gasteiger partial charge in [-0.2, -0.15) is 0 Å². The molecule has 0 saturated heterocycles. The van der Waals surface area contributed by atoms with Gasteiger partial charge in [-0.05, 0) is 31.4 Å². The van der Waals surface area contributed by atoms with Gasteiger partial charge in [0.2, 0.25) is 17.7 Å². The Morgan fingerprint density at radius 3 is 2.11 bits per heavy atom. The van der Waals surface area contributed by atoms with Crippen molar-refractivity contribution in [2.24, 2.45) is 17.6 Å². The Balaban J connectivity index is 3.02. The number of carbonyl (C=O) groups excluding carboxylic acids is 5. The first-order chi connectivity index (χ1) is 20.6. The molecular formula is C30H48N6O8. The van der Waals surface area contributed by atoms with E-state index in [2.05, 4.69) is 26.6 Å². The summed E-state index contributed by atoms with van der Waals surface area (Å²) in [5.41, 5.74) is 6.37. The normalized spacial score (nSPS) is 13.2. The van der Waals surface area contributed by atoms with Crippen molar-refractivity contribution in [3.8, 4) is 0 Å². The summed E-state index contributed by atoms with van der Waals surface area (Å²) in [6, 6.07) is 1.58. The molecule has 8 N–H and O–H groups in total. The first kappa shape index (κ1) is 38.0. The molecule has 0 aliphatic carbocycles. The zero-order valence-electron chi connectivity index (χ0n) is 26.6. The third-order valence-electron chi connectivity index (χ3n) is 6.39. The zero-order chi connectivity index (χ0) is 33.6. The third-order valence-corrected chi connectivity index (χ3v) is 6.39. The van der Waals surface area contributed by atoms with Crippen molar-refractivity contribution in [2.75, 3.05) is 18.4 Å². The molecule has 246 valence electrons. The number of carboxylic acid groups (broad SMARTS) is 1. The lowest BCUT2D eigenvalue weighted by Crippen LogP contribution is -2.57. The predicted molar refractivity (Wildman–Crippen MR) is 164 cm³/mol. The minimum absolute atomic E-state index is 0.0375. The highest BCUT2D eigenvalue weighted by atomic mass is 16.5. The number of rotatable bonds is 18. The van der Waals surface area contributed by atoms with E-state index in [1.165, 1.54) is 13.0 Å². The first-order valence-corrected chi connectivity index (χ1v) is 14.7. The number of carboxylic acids is 1. The molecule has 0 aromatic heterocycles. The van der Waals surface area contributed by atoms with Crippen LogP contribution in [0.3, 0.4) is 0 Å². The highest BCUT2D eigenvalue weighted by Gasteiger charge is 2.30. The molecule has 0 aliphatic heterocycles. The lowest BCUT2D eigenvalue weighted by molar-refractivity contribution is -0.148. The van der Waals surface area contributed by atoms with E-state index in [-0.39, 0.29) is 61.7 Å². The molecule has 0 fully saturated rings. The Morgan fingerprint density at radius 2 is 1.57 bits per heavy atom. The molecule has 1 rings (SSSR count). The molecule has 4 amide bonds. The fraction of sp³-hybridized carbons (Fsp3) is 0.600. The molecule has 1 aromatic rings. The molecule has 0 unspecified atom stereocenters. The van der Waals surface area contributed by atoms with Crippen molar-refractivity contribution in [3.05, 3.63) is 29.3 Å². The van der Waals surface area contributed by atoms with E-state index in [1.807, 2.05) is 13.8 Å². The van der Waals surface area contributed by atoms with Crippen LogP contribution in [0.4, 0.5) is 5.69 Å². The maximum Gasteiger partial charge on any atom is 0.308 e. The second-order valence-corrected chi connectivity index (χ2v) is 11.4. The van der Waals surface area contributed by atoms with Crippen LogP contribution >= 0.6 is 0 Å². The van der Waals surface area contributed by atoms with Gasteiger partial charge >= 0.3 is 11.9 Å². The predicted octanol–water partition coefficient (Wildman–Crippen LogP) is 0.890. The number of amides is 4. The van der Waals surface area contributed by atoms with Crippen LogP contribution in [0.15, 0.2) is 18.2 Å². The molecule has 0 aliphatic rings. The van der Waals surface area contributed by atoms with Crippen LogP contribution in [0.1, 0.15) is 77.2 Å². The van der Waals surface area contributed by atoms with E-state index in [0.717, 1.165) is 0 Å². The van der Waals surface area contributed by atoms with Gasteiger partial charge in [0.05, 0.1) is 12.0 Å². The Hall–Kier alpha value is -4.04. The Bertz CT molecular complexity index is 1170. The van der Waals surface area contributed by atoms with E-state index in [1.54, 1.807) is 39.8 Å². The van der Waals surface area contributed by atoms with Crippen LogP contribution in [0.25, 0.3) is 0 Å². The van der Waals surface area contributed by atoms with Crippen LogP contribution in [0.5, 0.6) is 0 Å². The fourth-order valence-electron chi connectivity index (χ4n) is 3.96. The van der Waals surface area contributed by atoms with Crippen molar-refractivity contribution in [1.29, 1.82) is 0 Å². The molecule has 0 heterocycles. The minimum atomic E-state index is -1.04.